The minimum atomic E-state index is -0.613. The van der Waals surface area contributed by atoms with Crippen LogP contribution in [0.25, 0.3) is 0 Å². The van der Waals surface area contributed by atoms with Gasteiger partial charge in [-0.05, 0) is 72.7 Å². The van der Waals surface area contributed by atoms with E-state index in [9.17, 15) is 9.59 Å². The van der Waals surface area contributed by atoms with Crippen molar-refractivity contribution in [2.75, 3.05) is 5.43 Å². The number of hydrazine groups is 2. The Balaban J connectivity index is 1.86. The Labute approximate surface area is 184 Å². The molecular weight excluding hydrogens is 390 g/mol. The second-order valence-corrected chi connectivity index (χ2v) is 9.23. The predicted molar refractivity (Wildman–Crippen MR) is 124 cm³/mol. The smallest absolute Gasteiger partial charge is 0.272 e. The summed E-state index contributed by atoms with van der Waals surface area (Å²) in [6.45, 7) is 13.6. The number of rotatable bonds is 3. The van der Waals surface area contributed by atoms with Crippen molar-refractivity contribution in [3.63, 3.8) is 0 Å². The minimum Gasteiger partial charge on any atom is -0.282 e. The van der Waals surface area contributed by atoms with Gasteiger partial charge in [0.05, 0.1) is 23.5 Å². The molecule has 0 spiro atoms. The topological polar surface area (TPSA) is 77.0 Å². The van der Waals surface area contributed by atoms with Crippen molar-refractivity contribution in [2.24, 2.45) is 5.10 Å². The normalized spacial score (nSPS) is 13.0. The van der Waals surface area contributed by atoms with E-state index < -0.39 is 5.54 Å². The quantitative estimate of drug-likeness (QED) is 0.726. The van der Waals surface area contributed by atoms with Crippen LogP contribution in [0.4, 0.5) is 5.69 Å². The van der Waals surface area contributed by atoms with Crippen molar-refractivity contribution in [1.82, 2.24) is 15.6 Å². The van der Waals surface area contributed by atoms with E-state index in [1.165, 1.54) is 5.01 Å². The Morgan fingerprint density at radius 1 is 1.03 bits per heavy atom. The standard InChI is InChI=1S/C24H31N5O2/c1-15(2)29-25-14-19-9-8-18(13-21(19)26-29)22(30)27-28(24(5,6)7)23(31)20-11-16(3)10-17(4)12-20/h8-15,26H,1-7H3,(H,27,30). The first-order valence-electron chi connectivity index (χ1n) is 10.4. The number of hydrogen-bond donors (Lipinski definition) is 2. The van der Waals surface area contributed by atoms with Crippen LogP contribution >= 0.6 is 0 Å². The number of anilines is 1. The van der Waals surface area contributed by atoms with Gasteiger partial charge in [0.25, 0.3) is 11.8 Å². The van der Waals surface area contributed by atoms with Gasteiger partial charge in [-0.1, -0.05) is 23.3 Å². The molecular formula is C24H31N5O2. The fourth-order valence-electron chi connectivity index (χ4n) is 3.36. The first-order valence-corrected chi connectivity index (χ1v) is 10.4. The number of nitrogens with one attached hydrogen (secondary N) is 2. The number of carbonyl (C=O) groups is 2. The molecule has 3 rings (SSSR count). The van der Waals surface area contributed by atoms with Crippen molar-refractivity contribution in [2.45, 2.75) is 60.0 Å². The Kier molecular flexibility index (Phi) is 6.06. The highest BCUT2D eigenvalue weighted by Crippen LogP contribution is 2.23. The van der Waals surface area contributed by atoms with Crippen molar-refractivity contribution >= 4 is 23.7 Å². The van der Waals surface area contributed by atoms with Gasteiger partial charge in [0.1, 0.15) is 0 Å². The van der Waals surface area contributed by atoms with E-state index in [4.69, 9.17) is 0 Å². The van der Waals surface area contributed by atoms with E-state index in [0.717, 1.165) is 22.4 Å². The Bertz CT molecular complexity index is 1020. The van der Waals surface area contributed by atoms with Crippen molar-refractivity contribution in [3.05, 3.63) is 64.2 Å². The third-order valence-electron chi connectivity index (χ3n) is 4.92. The summed E-state index contributed by atoms with van der Waals surface area (Å²) in [5, 5.41) is 7.47. The van der Waals surface area contributed by atoms with Gasteiger partial charge in [-0.3, -0.25) is 20.4 Å². The molecule has 7 nitrogen and oxygen atoms in total. The molecule has 1 aliphatic heterocycles. The summed E-state index contributed by atoms with van der Waals surface area (Å²) in [7, 11) is 0. The molecule has 2 aromatic carbocycles. The molecule has 1 heterocycles. The van der Waals surface area contributed by atoms with Gasteiger partial charge in [0, 0.05) is 16.7 Å². The predicted octanol–water partition coefficient (Wildman–Crippen LogP) is 4.27. The molecule has 0 fully saturated rings. The largest absolute Gasteiger partial charge is 0.282 e. The maximum atomic E-state index is 13.3. The molecule has 2 amide bonds. The number of amides is 2. The highest BCUT2D eigenvalue weighted by atomic mass is 16.2. The fraction of sp³-hybridized carbons (Fsp3) is 0.375. The fourth-order valence-corrected chi connectivity index (χ4v) is 3.36. The number of hydrazone groups is 1. The summed E-state index contributed by atoms with van der Waals surface area (Å²) in [5.41, 5.74) is 10.1. The van der Waals surface area contributed by atoms with E-state index in [2.05, 4.69) is 16.0 Å². The number of carbonyl (C=O) groups excluding carboxylic acids is 2. The number of aryl methyl sites for hydroxylation is 2. The zero-order valence-electron chi connectivity index (χ0n) is 19.3. The zero-order valence-corrected chi connectivity index (χ0v) is 19.3. The van der Waals surface area contributed by atoms with Gasteiger partial charge < -0.3 is 0 Å². The van der Waals surface area contributed by atoms with E-state index >= 15 is 0 Å². The summed E-state index contributed by atoms with van der Waals surface area (Å²) in [6.07, 6.45) is 1.76. The molecule has 0 bridgehead atoms. The molecule has 0 atom stereocenters. The monoisotopic (exact) mass is 421 g/mol. The van der Waals surface area contributed by atoms with Gasteiger partial charge in [0.2, 0.25) is 0 Å². The van der Waals surface area contributed by atoms with Gasteiger partial charge in [0.15, 0.2) is 0 Å². The molecule has 0 saturated heterocycles. The maximum absolute atomic E-state index is 13.3. The maximum Gasteiger partial charge on any atom is 0.272 e. The molecule has 7 heteroatoms. The molecule has 1 aliphatic rings. The summed E-state index contributed by atoms with van der Waals surface area (Å²) < 4.78 is 0. The van der Waals surface area contributed by atoms with Crippen LogP contribution in [0.15, 0.2) is 41.5 Å². The van der Waals surface area contributed by atoms with Crippen LogP contribution in [0.3, 0.4) is 0 Å². The third kappa shape index (κ3) is 5.05. The molecule has 0 radical (unpaired) electrons. The molecule has 0 unspecified atom stereocenters. The second-order valence-electron chi connectivity index (χ2n) is 9.23. The Morgan fingerprint density at radius 2 is 1.68 bits per heavy atom. The van der Waals surface area contributed by atoms with E-state index in [1.54, 1.807) is 23.5 Å². The highest BCUT2D eigenvalue weighted by molar-refractivity contribution is 6.01. The molecule has 0 saturated carbocycles. The van der Waals surface area contributed by atoms with Gasteiger partial charge in [-0.25, -0.2) is 10.1 Å². The van der Waals surface area contributed by atoms with E-state index in [0.29, 0.717) is 11.1 Å². The lowest BCUT2D eigenvalue weighted by atomic mass is 10.0. The zero-order chi connectivity index (χ0) is 22.9. The van der Waals surface area contributed by atoms with Crippen LogP contribution in [0.1, 0.15) is 72.0 Å². The van der Waals surface area contributed by atoms with E-state index in [1.807, 2.05) is 72.7 Å². The van der Waals surface area contributed by atoms with Crippen LogP contribution in [-0.4, -0.2) is 39.7 Å². The highest BCUT2D eigenvalue weighted by Gasteiger charge is 2.30. The van der Waals surface area contributed by atoms with Crippen molar-refractivity contribution < 1.29 is 9.59 Å². The first kappa shape index (κ1) is 22.3. The van der Waals surface area contributed by atoms with Crippen LogP contribution < -0.4 is 10.9 Å². The average Bonchev–Trinajstić information content (AvgIpc) is 2.68. The third-order valence-corrected chi connectivity index (χ3v) is 4.92. The molecule has 2 N–H and O–H groups in total. The SMILES string of the molecule is Cc1cc(C)cc(C(=O)N(NC(=O)c2ccc3c(c2)NN(C(C)C)N=C3)C(C)(C)C)c1. The van der Waals surface area contributed by atoms with Gasteiger partial charge in [-0.2, -0.15) is 5.10 Å². The molecule has 0 aromatic heterocycles. The number of hydrogen-bond acceptors (Lipinski definition) is 5. The minimum absolute atomic E-state index is 0.161. The second kappa shape index (κ2) is 8.41. The number of fused-ring (bicyclic) bond motifs is 1. The summed E-state index contributed by atoms with van der Waals surface area (Å²) in [5.74, 6) is -0.599. The lowest BCUT2D eigenvalue weighted by Gasteiger charge is -2.35. The Morgan fingerprint density at radius 3 is 2.26 bits per heavy atom. The Hall–Kier alpha value is -3.35. The lowest BCUT2D eigenvalue weighted by Crippen LogP contribution is -2.55. The first-order chi connectivity index (χ1) is 14.5. The number of nitrogens with zero attached hydrogens (tertiary/aromatic N) is 3. The summed E-state index contributed by atoms with van der Waals surface area (Å²) in [4.78, 5) is 26.4. The van der Waals surface area contributed by atoms with E-state index in [-0.39, 0.29) is 17.9 Å². The van der Waals surface area contributed by atoms with Crippen molar-refractivity contribution in [3.8, 4) is 0 Å². The molecule has 31 heavy (non-hydrogen) atoms. The number of benzene rings is 2. The average molecular weight is 422 g/mol. The lowest BCUT2D eigenvalue weighted by molar-refractivity contribution is 0.0358. The van der Waals surface area contributed by atoms with Crippen LogP contribution in [0, 0.1) is 13.8 Å². The van der Waals surface area contributed by atoms with Crippen molar-refractivity contribution in [1.29, 1.82) is 0 Å². The summed E-state index contributed by atoms with van der Waals surface area (Å²) in [6, 6.07) is 11.2. The molecule has 164 valence electrons. The van der Waals surface area contributed by atoms with Crippen LogP contribution in [-0.2, 0) is 0 Å². The molecule has 2 aromatic rings. The summed E-state index contributed by atoms with van der Waals surface area (Å²) >= 11 is 0. The van der Waals surface area contributed by atoms with Crippen LogP contribution in [0.5, 0.6) is 0 Å². The van der Waals surface area contributed by atoms with Gasteiger partial charge >= 0.3 is 0 Å². The van der Waals surface area contributed by atoms with Gasteiger partial charge in [-0.15, -0.1) is 0 Å². The van der Waals surface area contributed by atoms with Crippen LogP contribution in [0.2, 0.25) is 0 Å². The molecule has 0 aliphatic carbocycles.